The van der Waals surface area contributed by atoms with E-state index in [0.717, 1.165) is 12.4 Å². The summed E-state index contributed by atoms with van der Waals surface area (Å²) < 4.78 is 6.90. The summed E-state index contributed by atoms with van der Waals surface area (Å²) in [5.41, 5.74) is 0. The van der Waals surface area contributed by atoms with Crippen molar-refractivity contribution in [3.63, 3.8) is 0 Å². The maximum atomic E-state index is 11.9. The second-order valence-electron chi connectivity index (χ2n) is 5.55. The van der Waals surface area contributed by atoms with Crippen molar-refractivity contribution in [3.05, 3.63) is 11.6 Å². The van der Waals surface area contributed by atoms with Crippen molar-refractivity contribution in [2.45, 2.75) is 48.1 Å². The van der Waals surface area contributed by atoms with Crippen LogP contribution in [0.2, 0.25) is 0 Å². The summed E-state index contributed by atoms with van der Waals surface area (Å²) in [6.45, 7) is 13.6. The summed E-state index contributed by atoms with van der Waals surface area (Å²) in [7, 11) is 0. The van der Waals surface area contributed by atoms with Gasteiger partial charge in [-0.1, -0.05) is 27.7 Å². The van der Waals surface area contributed by atoms with Gasteiger partial charge in [0.25, 0.3) is 0 Å². The second-order valence-corrected chi connectivity index (χ2v) is 5.55. The van der Waals surface area contributed by atoms with E-state index >= 15 is 0 Å². The SMILES string of the molecule is CCOC(=O)c1nnc(C)n1CC(C(C)C)C(C)C. The molecule has 0 radical (unpaired) electrons. The van der Waals surface area contributed by atoms with Gasteiger partial charge in [-0.15, -0.1) is 10.2 Å². The fourth-order valence-corrected chi connectivity index (χ4v) is 2.35. The van der Waals surface area contributed by atoms with Crippen LogP contribution >= 0.6 is 0 Å². The van der Waals surface area contributed by atoms with Gasteiger partial charge in [0, 0.05) is 6.54 Å². The first-order valence-corrected chi connectivity index (χ1v) is 6.95. The van der Waals surface area contributed by atoms with Gasteiger partial charge in [0.05, 0.1) is 6.61 Å². The zero-order valence-electron chi connectivity index (χ0n) is 12.8. The predicted molar refractivity (Wildman–Crippen MR) is 73.9 cm³/mol. The van der Waals surface area contributed by atoms with Crippen molar-refractivity contribution >= 4 is 5.97 Å². The smallest absolute Gasteiger partial charge is 0.376 e. The number of aryl methyl sites for hydroxylation is 1. The minimum absolute atomic E-state index is 0.311. The standard InChI is InChI=1S/C14H25N3O2/c1-7-19-14(18)13-16-15-11(6)17(13)8-12(9(2)3)10(4)5/h9-10,12H,7-8H2,1-6H3. The van der Waals surface area contributed by atoms with Gasteiger partial charge in [-0.3, -0.25) is 0 Å². The molecule has 5 heteroatoms. The number of hydrogen-bond acceptors (Lipinski definition) is 4. The Morgan fingerprint density at radius 3 is 2.26 bits per heavy atom. The molecule has 0 saturated carbocycles. The molecule has 0 spiro atoms. The molecule has 0 aliphatic rings. The molecule has 1 aromatic rings. The van der Waals surface area contributed by atoms with E-state index in [1.54, 1.807) is 6.92 Å². The molecule has 19 heavy (non-hydrogen) atoms. The molecule has 0 saturated heterocycles. The number of esters is 1. The molecule has 1 rings (SSSR count). The van der Waals surface area contributed by atoms with Crippen LogP contribution in [-0.4, -0.2) is 27.3 Å². The maximum Gasteiger partial charge on any atom is 0.376 e. The maximum absolute atomic E-state index is 11.9. The summed E-state index contributed by atoms with van der Waals surface area (Å²) in [4.78, 5) is 11.9. The highest BCUT2D eigenvalue weighted by Crippen LogP contribution is 2.23. The van der Waals surface area contributed by atoms with Crippen LogP contribution in [0.15, 0.2) is 0 Å². The van der Waals surface area contributed by atoms with Gasteiger partial charge in [0.2, 0.25) is 5.82 Å². The molecule has 108 valence electrons. The molecular formula is C14H25N3O2. The van der Waals surface area contributed by atoms with Crippen molar-refractivity contribution in [3.8, 4) is 0 Å². The van der Waals surface area contributed by atoms with Crippen LogP contribution in [0.4, 0.5) is 0 Å². The highest BCUT2D eigenvalue weighted by molar-refractivity contribution is 5.85. The first-order valence-electron chi connectivity index (χ1n) is 6.95. The quantitative estimate of drug-likeness (QED) is 0.744. The minimum atomic E-state index is -0.394. The van der Waals surface area contributed by atoms with Crippen molar-refractivity contribution < 1.29 is 9.53 Å². The van der Waals surface area contributed by atoms with E-state index in [2.05, 4.69) is 37.9 Å². The van der Waals surface area contributed by atoms with Gasteiger partial charge in [-0.05, 0) is 31.6 Å². The fraction of sp³-hybridized carbons (Fsp3) is 0.786. The van der Waals surface area contributed by atoms with E-state index in [0.29, 0.717) is 30.2 Å². The lowest BCUT2D eigenvalue weighted by Gasteiger charge is -2.26. The largest absolute Gasteiger partial charge is 0.460 e. The zero-order chi connectivity index (χ0) is 14.6. The molecule has 0 N–H and O–H groups in total. The first-order chi connectivity index (χ1) is 8.88. The van der Waals surface area contributed by atoms with E-state index in [1.807, 2.05) is 11.5 Å². The number of aromatic nitrogens is 3. The molecule has 1 heterocycles. The minimum Gasteiger partial charge on any atom is -0.460 e. The normalized spacial score (nSPS) is 11.6. The lowest BCUT2D eigenvalue weighted by Crippen LogP contribution is -2.25. The van der Waals surface area contributed by atoms with Crippen LogP contribution in [0, 0.1) is 24.7 Å². The highest BCUT2D eigenvalue weighted by atomic mass is 16.5. The molecule has 0 aliphatic carbocycles. The average Bonchev–Trinajstić information content (AvgIpc) is 2.67. The third-order valence-electron chi connectivity index (χ3n) is 3.50. The van der Waals surface area contributed by atoms with Gasteiger partial charge in [-0.25, -0.2) is 4.79 Å². The van der Waals surface area contributed by atoms with Crippen molar-refractivity contribution in [2.75, 3.05) is 6.61 Å². The van der Waals surface area contributed by atoms with Gasteiger partial charge < -0.3 is 9.30 Å². The molecular weight excluding hydrogens is 242 g/mol. The third kappa shape index (κ3) is 3.78. The summed E-state index contributed by atoms with van der Waals surface area (Å²) in [5.74, 6) is 2.23. The first kappa shape index (κ1) is 15.7. The molecule has 0 unspecified atom stereocenters. The zero-order valence-corrected chi connectivity index (χ0v) is 12.8. The van der Waals surface area contributed by atoms with Gasteiger partial charge >= 0.3 is 5.97 Å². The second kappa shape index (κ2) is 6.68. The molecule has 0 aromatic carbocycles. The number of carbonyl (C=O) groups excluding carboxylic acids is 1. The van der Waals surface area contributed by atoms with Gasteiger partial charge in [-0.2, -0.15) is 0 Å². The van der Waals surface area contributed by atoms with Crippen LogP contribution in [0.1, 0.15) is 51.1 Å². The highest BCUT2D eigenvalue weighted by Gasteiger charge is 2.24. The molecule has 1 aromatic heterocycles. The molecule has 0 amide bonds. The summed E-state index contributed by atoms with van der Waals surface area (Å²) in [6.07, 6.45) is 0. The van der Waals surface area contributed by atoms with Crippen LogP contribution in [0.25, 0.3) is 0 Å². The van der Waals surface area contributed by atoms with Crippen molar-refractivity contribution in [1.82, 2.24) is 14.8 Å². The lowest BCUT2D eigenvalue weighted by molar-refractivity contribution is 0.0502. The monoisotopic (exact) mass is 267 g/mol. The summed E-state index contributed by atoms with van der Waals surface area (Å²) in [5, 5.41) is 7.95. The van der Waals surface area contributed by atoms with Crippen LogP contribution < -0.4 is 0 Å². The van der Waals surface area contributed by atoms with Crippen LogP contribution in [-0.2, 0) is 11.3 Å². The van der Waals surface area contributed by atoms with E-state index in [-0.39, 0.29) is 0 Å². The Kier molecular flexibility index (Phi) is 5.51. The van der Waals surface area contributed by atoms with Crippen molar-refractivity contribution in [1.29, 1.82) is 0 Å². The van der Waals surface area contributed by atoms with E-state index in [9.17, 15) is 4.79 Å². The van der Waals surface area contributed by atoms with Crippen LogP contribution in [0.5, 0.6) is 0 Å². The molecule has 5 nitrogen and oxygen atoms in total. The fourth-order valence-electron chi connectivity index (χ4n) is 2.35. The van der Waals surface area contributed by atoms with E-state index in [1.165, 1.54) is 0 Å². The average molecular weight is 267 g/mol. The van der Waals surface area contributed by atoms with E-state index < -0.39 is 5.97 Å². The number of carbonyl (C=O) groups is 1. The predicted octanol–water partition coefficient (Wildman–Crippen LogP) is 2.69. The third-order valence-corrected chi connectivity index (χ3v) is 3.50. The Balaban J connectivity index is 2.99. The lowest BCUT2D eigenvalue weighted by atomic mass is 9.85. The van der Waals surface area contributed by atoms with Gasteiger partial charge in [0.15, 0.2) is 0 Å². The number of nitrogens with zero attached hydrogens (tertiary/aromatic N) is 3. The topological polar surface area (TPSA) is 57.0 Å². The Bertz CT molecular complexity index is 416. The summed E-state index contributed by atoms with van der Waals surface area (Å²) >= 11 is 0. The number of hydrogen-bond donors (Lipinski definition) is 0. The number of rotatable bonds is 6. The number of ether oxygens (including phenoxy) is 1. The molecule has 0 fully saturated rings. The summed E-state index contributed by atoms with van der Waals surface area (Å²) in [6, 6.07) is 0. The van der Waals surface area contributed by atoms with Crippen molar-refractivity contribution in [2.24, 2.45) is 17.8 Å². The Morgan fingerprint density at radius 2 is 1.79 bits per heavy atom. The Hall–Kier alpha value is -1.39. The Morgan fingerprint density at radius 1 is 1.21 bits per heavy atom. The van der Waals surface area contributed by atoms with E-state index in [4.69, 9.17) is 4.74 Å². The van der Waals surface area contributed by atoms with Crippen LogP contribution in [0.3, 0.4) is 0 Å². The molecule has 0 atom stereocenters. The molecule has 0 aliphatic heterocycles. The molecule has 0 bridgehead atoms. The van der Waals surface area contributed by atoms with Gasteiger partial charge in [0.1, 0.15) is 5.82 Å². The Labute approximate surface area is 115 Å².